The Labute approximate surface area is 107 Å². The molecule has 0 amide bonds. The van der Waals surface area contributed by atoms with Gasteiger partial charge in [0.05, 0.1) is 0 Å². The first-order valence-electron chi connectivity index (χ1n) is 5.38. The monoisotopic (exact) mass is 268 g/mol. The summed E-state index contributed by atoms with van der Waals surface area (Å²) >= 11 is 0. The van der Waals surface area contributed by atoms with Crippen LogP contribution in [0.2, 0.25) is 0 Å². The van der Waals surface area contributed by atoms with Gasteiger partial charge in [-0.1, -0.05) is 0 Å². The second kappa shape index (κ2) is 5.09. The fourth-order valence-corrected chi connectivity index (χ4v) is 1.52. The van der Waals surface area contributed by atoms with E-state index in [2.05, 4.69) is 0 Å². The summed E-state index contributed by atoms with van der Waals surface area (Å²) in [5.41, 5.74) is 0.487. The SMILES string of the molecule is Cc1oc(C(=O)O)cc1COc1ccc(F)cc1F. The van der Waals surface area contributed by atoms with Gasteiger partial charge in [-0.15, -0.1) is 0 Å². The van der Waals surface area contributed by atoms with Gasteiger partial charge < -0.3 is 14.3 Å². The molecule has 0 fully saturated rings. The number of ether oxygens (including phenoxy) is 1. The van der Waals surface area contributed by atoms with E-state index in [0.717, 1.165) is 12.1 Å². The molecule has 100 valence electrons. The molecule has 0 radical (unpaired) electrons. The largest absolute Gasteiger partial charge is 0.486 e. The van der Waals surface area contributed by atoms with E-state index in [-0.39, 0.29) is 18.1 Å². The molecule has 0 aliphatic heterocycles. The minimum atomic E-state index is -1.19. The molecule has 0 spiro atoms. The predicted molar refractivity (Wildman–Crippen MR) is 61.1 cm³/mol. The van der Waals surface area contributed by atoms with E-state index < -0.39 is 17.6 Å². The van der Waals surface area contributed by atoms with E-state index in [4.69, 9.17) is 14.3 Å². The van der Waals surface area contributed by atoms with Crippen molar-refractivity contribution in [1.29, 1.82) is 0 Å². The van der Waals surface area contributed by atoms with Gasteiger partial charge in [-0.2, -0.15) is 0 Å². The molecule has 19 heavy (non-hydrogen) atoms. The van der Waals surface area contributed by atoms with Crippen LogP contribution in [0.3, 0.4) is 0 Å². The third kappa shape index (κ3) is 2.90. The lowest BCUT2D eigenvalue weighted by atomic mass is 10.2. The molecule has 1 aromatic carbocycles. The average Bonchev–Trinajstić information content (AvgIpc) is 2.70. The zero-order valence-electron chi connectivity index (χ0n) is 9.94. The van der Waals surface area contributed by atoms with Gasteiger partial charge in [-0.3, -0.25) is 0 Å². The molecular weight excluding hydrogens is 258 g/mol. The summed E-state index contributed by atoms with van der Waals surface area (Å²) < 4.78 is 36.1. The third-order valence-electron chi connectivity index (χ3n) is 2.51. The molecule has 0 aliphatic carbocycles. The molecule has 0 saturated heterocycles. The number of hydrogen-bond donors (Lipinski definition) is 1. The fraction of sp³-hybridized carbons (Fsp3) is 0.154. The van der Waals surface area contributed by atoms with Crippen LogP contribution in [0.5, 0.6) is 5.75 Å². The number of carboxylic acids is 1. The Kier molecular flexibility index (Phi) is 3.50. The van der Waals surface area contributed by atoms with Crippen LogP contribution in [0.15, 0.2) is 28.7 Å². The standard InChI is InChI=1S/C13H10F2O4/c1-7-8(4-12(19-7)13(16)17)6-18-11-3-2-9(14)5-10(11)15/h2-5H,6H2,1H3,(H,16,17). The summed E-state index contributed by atoms with van der Waals surface area (Å²) in [5, 5.41) is 8.75. The maximum atomic E-state index is 13.3. The number of carboxylic acid groups (broad SMARTS) is 1. The predicted octanol–water partition coefficient (Wildman–Crippen LogP) is 3.14. The number of aromatic carboxylic acids is 1. The molecular formula is C13H10F2O4. The zero-order chi connectivity index (χ0) is 14.0. The van der Waals surface area contributed by atoms with Gasteiger partial charge in [-0.25, -0.2) is 13.6 Å². The molecule has 6 heteroatoms. The topological polar surface area (TPSA) is 59.7 Å². The van der Waals surface area contributed by atoms with E-state index in [1.165, 1.54) is 6.07 Å². The van der Waals surface area contributed by atoms with Crippen LogP contribution in [0.4, 0.5) is 8.78 Å². The Morgan fingerprint density at radius 2 is 2.11 bits per heavy atom. The van der Waals surface area contributed by atoms with E-state index >= 15 is 0 Å². The van der Waals surface area contributed by atoms with Crippen molar-refractivity contribution in [2.45, 2.75) is 13.5 Å². The van der Waals surface area contributed by atoms with Crippen molar-refractivity contribution in [3.63, 3.8) is 0 Å². The zero-order valence-corrected chi connectivity index (χ0v) is 9.94. The molecule has 4 nitrogen and oxygen atoms in total. The normalized spacial score (nSPS) is 10.5. The van der Waals surface area contributed by atoms with Crippen LogP contribution in [0.25, 0.3) is 0 Å². The number of hydrogen-bond acceptors (Lipinski definition) is 3. The Hall–Kier alpha value is -2.37. The first-order chi connectivity index (χ1) is 8.97. The van der Waals surface area contributed by atoms with Crippen molar-refractivity contribution in [3.8, 4) is 5.75 Å². The molecule has 0 bridgehead atoms. The van der Waals surface area contributed by atoms with E-state index in [0.29, 0.717) is 17.4 Å². The van der Waals surface area contributed by atoms with Crippen molar-refractivity contribution in [2.24, 2.45) is 0 Å². The van der Waals surface area contributed by atoms with Crippen molar-refractivity contribution < 1.29 is 27.8 Å². The van der Waals surface area contributed by atoms with Crippen LogP contribution in [-0.4, -0.2) is 11.1 Å². The average molecular weight is 268 g/mol. The lowest BCUT2D eigenvalue weighted by molar-refractivity contribution is 0.0661. The summed E-state index contributed by atoms with van der Waals surface area (Å²) in [6, 6.07) is 4.25. The van der Waals surface area contributed by atoms with Crippen LogP contribution >= 0.6 is 0 Å². The summed E-state index contributed by atoms with van der Waals surface area (Å²) in [4.78, 5) is 10.7. The Morgan fingerprint density at radius 3 is 2.68 bits per heavy atom. The Bertz CT molecular complexity index is 619. The minimum absolute atomic E-state index is 0.0643. The summed E-state index contributed by atoms with van der Waals surface area (Å²) in [7, 11) is 0. The number of rotatable bonds is 4. The highest BCUT2D eigenvalue weighted by atomic mass is 19.1. The Morgan fingerprint density at radius 1 is 1.37 bits per heavy atom. The first kappa shape index (κ1) is 13.1. The molecule has 0 aliphatic rings. The van der Waals surface area contributed by atoms with Gasteiger partial charge in [-0.05, 0) is 25.1 Å². The van der Waals surface area contributed by atoms with Crippen LogP contribution in [0.1, 0.15) is 21.9 Å². The maximum absolute atomic E-state index is 13.3. The van der Waals surface area contributed by atoms with Crippen molar-refractivity contribution >= 4 is 5.97 Å². The molecule has 1 aromatic heterocycles. The van der Waals surface area contributed by atoms with Gasteiger partial charge >= 0.3 is 5.97 Å². The van der Waals surface area contributed by atoms with Crippen LogP contribution in [-0.2, 0) is 6.61 Å². The molecule has 2 rings (SSSR count). The van der Waals surface area contributed by atoms with Gasteiger partial charge in [0.25, 0.3) is 0 Å². The van der Waals surface area contributed by atoms with Crippen molar-refractivity contribution in [3.05, 3.63) is 53.0 Å². The highest BCUT2D eigenvalue weighted by Gasteiger charge is 2.14. The molecule has 1 heterocycles. The van der Waals surface area contributed by atoms with Gasteiger partial charge in [0.1, 0.15) is 18.2 Å². The molecule has 0 unspecified atom stereocenters. The van der Waals surface area contributed by atoms with Gasteiger partial charge in [0.2, 0.25) is 5.76 Å². The maximum Gasteiger partial charge on any atom is 0.371 e. The van der Waals surface area contributed by atoms with E-state index in [9.17, 15) is 13.6 Å². The smallest absolute Gasteiger partial charge is 0.371 e. The molecule has 0 atom stereocenters. The summed E-state index contributed by atoms with van der Waals surface area (Å²) in [6.07, 6.45) is 0. The number of furan rings is 1. The highest BCUT2D eigenvalue weighted by Crippen LogP contribution is 2.21. The van der Waals surface area contributed by atoms with Crippen molar-refractivity contribution in [2.75, 3.05) is 0 Å². The van der Waals surface area contributed by atoms with E-state index in [1.54, 1.807) is 6.92 Å². The van der Waals surface area contributed by atoms with Crippen molar-refractivity contribution in [1.82, 2.24) is 0 Å². The lowest BCUT2D eigenvalue weighted by Gasteiger charge is -2.06. The number of carbonyl (C=O) groups is 1. The van der Waals surface area contributed by atoms with Crippen LogP contribution < -0.4 is 4.74 Å². The third-order valence-corrected chi connectivity index (χ3v) is 2.51. The highest BCUT2D eigenvalue weighted by molar-refractivity contribution is 5.84. The summed E-state index contributed by atoms with van der Waals surface area (Å²) in [6.45, 7) is 1.51. The minimum Gasteiger partial charge on any atom is -0.486 e. The first-order valence-corrected chi connectivity index (χ1v) is 5.38. The molecule has 2 aromatic rings. The molecule has 1 N–H and O–H groups in total. The Balaban J connectivity index is 2.12. The second-order valence-corrected chi connectivity index (χ2v) is 3.86. The van der Waals surface area contributed by atoms with Gasteiger partial charge in [0.15, 0.2) is 11.6 Å². The number of aryl methyl sites for hydroxylation is 1. The quantitative estimate of drug-likeness (QED) is 0.925. The molecule has 0 saturated carbocycles. The van der Waals surface area contributed by atoms with E-state index in [1.807, 2.05) is 0 Å². The van der Waals surface area contributed by atoms with Gasteiger partial charge in [0, 0.05) is 11.6 Å². The van der Waals surface area contributed by atoms with Crippen LogP contribution in [0, 0.1) is 18.6 Å². The fourth-order valence-electron chi connectivity index (χ4n) is 1.52. The lowest BCUT2D eigenvalue weighted by Crippen LogP contribution is -1.98. The summed E-state index contributed by atoms with van der Waals surface area (Å²) in [5.74, 6) is -2.66. The number of halogens is 2. The second-order valence-electron chi connectivity index (χ2n) is 3.86. The number of benzene rings is 1.